The Morgan fingerprint density at radius 1 is 1.53 bits per heavy atom. The van der Waals surface area contributed by atoms with Gasteiger partial charge in [0.2, 0.25) is 0 Å². The third-order valence-electron chi connectivity index (χ3n) is 2.24. The maximum atomic E-state index is 11.1. The lowest BCUT2D eigenvalue weighted by Gasteiger charge is -2.00. The summed E-state index contributed by atoms with van der Waals surface area (Å²) in [6.45, 7) is 1.75. The molecular weight excluding hydrogens is 234 g/mol. The van der Waals surface area contributed by atoms with Crippen molar-refractivity contribution in [3.63, 3.8) is 0 Å². The highest BCUT2D eigenvalue weighted by Gasteiger charge is 2.05. The molecule has 17 heavy (non-hydrogen) atoms. The summed E-state index contributed by atoms with van der Waals surface area (Å²) < 4.78 is 4.62. The third kappa shape index (κ3) is 5.53. The third-order valence-corrected chi connectivity index (χ3v) is 3.32. The highest BCUT2D eigenvalue weighted by molar-refractivity contribution is 7.12. The van der Waals surface area contributed by atoms with Crippen LogP contribution in [0.15, 0.2) is 12.1 Å². The van der Waals surface area contributed by atoms with Gasteiger partial charge in [-0.05, 0) is 25.1 Å². The number of nitrogens with one attached hydrogen (secondary N) is 1. The van der Waals surface area contributed by atoms with Crippen LogP contribution in [0.25, 0.3) is 0 Å². The van der Waals surface area contributed by atoms with Gasteiger partial charge in [-0.2, -0.15) is 0 Å². The van der Waals surface area contributed by atoms with E-state index in [-0.39, 0.29) is 5.97 Å². The second kappa shape index (κ2) is 7.88. The average molecular weight is 251 g/mol. The van der Waals surface area contributed by atoms with Crippen molar-refractivity contribution in [1.82, 2.24) is 5.32 Å². The van der Waals surface area contributed by atoms with Crippen LogP contribution in [0.3, 0.4) is 0 Å². The van der Waals surface area contributed by atoms with E-state index in [2.05, 4.69) is 16.0 Å². The van der Waals surface area contributed by atoms with Gasteiger partial charge in [-0.1, -0.05) is 0 Å². The number of hydrogen-bond donors (Lipinski definition) is 1. The molecule has 0 amide bonds. The predicted molar refractivity (Wildman–Crippen MR) is 69.8 cm³/mol. The van der Waals surface area contributed by atoms with Gasteiger partial charge in [-0.25, -0.2) is 0 Å². The van der Waals surface area contributed by atoms with Crippen molar-refractivity contribution >= 4 is 17.3 Å². The first kappa shape index (κ1) is 13.8. The second-order valence-electron chi connectivity index (χ2n) is 3.61. The molecule has 0 saturated carbocycles. The molecule has 0 aliphatic carbocycles. The van der Waals surface area contributed by atoms with Gasteiger partial charge in [-0.15, -0.1) is 23.7 Å². The lowest BCUT2D eigenvalue weighted by atomic mass is 10.3. The van der Waals surface area contributed by atoms with Crippen LogP contribution in [0.5, 0.6) is 0 Å². The smallest absolute Gasteiger partial charge is 0.310 e. The number of esters is 1. The Morgan fingerprint density at radius 2 is 2.29 bits per heavy atom. The number of methoxy groups -OCH3 is 1. The van der Waals surface area contributed by atoms with Crippen molar-refractivity contribution in [3.8, 4) is 12.3 Å². The molecule has 1 N–H and O–H groups in total. The monoisotopic (exact) mass is 251 g/mol. The summed E-state index contributed by atoms with van der Waals surface area (Å²) in [4.78, 5) is 13.3. The largest absolute Gasteiger partial charge is 0.469 e. The molecule has 0 bridgehead atoms. The minimum Gasteiger partial charge on any atom is -0.469 e. The van der Waals surface area contributed by atoms with Gasteiger partial charge in [0, 0.05) is 22.7 Å². The van der Waals surface area contributed by atoms with E-state index in [9.17, 15) is 4.79 Å². The molecule has 1 aromatic rings. The molecule has 3 nitrogen and oxygen atoms in total. The van der Waals surface area contributed by atoms with Crippen molar-refractivity contribution in [1.29, 1.82) is 0 Å². The number of ether oxygens (including phenoxy) is 1. The highest BCUT2D eigenvalue weighted by Crippen LogP contribution is 2.17. The van der Waals surface area contributed by atoms with Gasteiger partial charge in [-0.3, -0.25) is 4.79 Å². The van der Waals surface area contributed by atoms with Crippen LogP contribution in [-0.2, 0) is 22.5 Å². The molecule has 0 aliphatic rings. The van der Waals surface area contributed by atoms with Crippen LogP contribution in [0.1, 0.15) is 22.6 Å². The Kier molecular flexibility index (Phi) is 6.38. The summed E-state index contributed by atoms with van der Waals surface area (Å²) in [7, 11) is 1.41. The molecule has 0 saturated heterocycles. The van der Waals surface area contributed by atoms with E-state index in [1.54, 1.807) is 11.3 Å². The summed E-state index contributed by atoms with van der Waals surface area (Å²) in [5.41, 5.74) is 0. The minimum atomic E-state index is -0.194. The van der Waals surface area contributed by atoms with Crippen LogP contribution in [-0.4, -0.2) is 19.6 Å². The van der Waals surface area contributed by atoms with Gasteiger partial charge in [0.25, 0.3) is 0 Å². The van der Waals surface area contributed by atoms with Gasteiger partial charge >= 0.3 is 5.97 Å². The number of terminal acetylenes is 1. The van der Waals surface area contributed by atoms with E-state index < -0.39 is 0 Å². The zero-order chi connectivity index (χ0) is 12.5. The van der Waals surface area contributed by atoms with Gasteiger partial charge in [0.15, 0.2) is 0 Å². The van der Waals surface area contributed by atoms with Crippen molar-refractivity contribution < 1.29 is 9.53 Å². The Morgan fingerprint density at radius 3 is 3.00 bits per heavy atom. The molecule has 1 rings (SSSR count). The van der Waals surface area contributed by atoms with E-state index in [1.807, 2.05) is 12.1 Å². The predicted octanol–water partition coefficient (Wildman–Crippen LogP) is 1.97. The molecule has 0 radical (unpaired) electrons. The van der Waals surface area contributed by atoms with E-state index >= 15 is 0 Å². The zero-order valence-corrected chi connectivity index (χ0v) is 10.8. The number of thiophene rings is 1. The first-order valence-corrected chi connectivity index (χ1v) is 6.36. The fraction of sp³-hybridized carbons (Fsp3) is 0.462. The Balaban J connectivity index is 2.26. The lowest BCUT2D eigenvalue weighted by molar-refractivity contribution is -0.139. The Labute approximate surface area is 106 Å². The lowest BCUT2D eigenvalue weighted by Crippen LogP contribution is -2.13. The van der Waals surface area contributed by atoms with Crippen molar-refractivity contribution in [2.75, 3.05) is 13.7 Å². The quantitative estimate of drug-likeness (QED) is 0.457. The molecule has 0 aromatic carbocycles. The molecule has 0 fully saturated rings. The number of unbranched alkanes of at least 4 members (excludes halogenated alkanes) is 1. The van der Waals surface area contributed by atoms with Crippen molar-refractivity contribution in [2.45, 2.75) is 25.8 Å². The molecule has 0 spiro atoms. The van der Waals surface area contributed by atoms with E-state index in [0.29, 0.717) is 6.42 Å². The van der Waals surface area contributed by atoms with Crippen LogP contribution in [0, 0.1) is 12.3 Å². The number of hydrogen-bond acceptors (Lipinski definition) is 4. The zero-order valence-electron chi connectivity index (χ0n) is 9.99. The topological polar surface area (TPSA) is 38.3 Å². The van der Waals surface area contributed by atoms with Crippen LogP contribution >= 0.6 is 11.3 Å². The first-order valence-electron chi connectivity index (χ1n) is 5.55. The number of carbonyl (C=O) groups is 1. The summed E-state index contributed by atoms with van der Waals surface area (Å²) in [5, 5.41) is 3.32. The van der Waals surface area contributed by atoms with E-state index in [0.717, 1.165) is 30.8 Å². The molecule has 0 atom stereocenters. The fourth-order valence-electron chi connectivity index (χ4n) is 1.35. The summed E-state index contributed by atoms with van der Waals surface area (Å²) in [6.07, 6.45) is 7.33. The maximum absolute atomic E-state index is 11.1. The molecule has 0 unspecified atom stereocenters. The highest BCUT2D eigenvalue weighted by atomic mass is 32.1. The average Bonchev–Trinajstić information content (AvgIpc) is 2.76. The van der Waals surface area contributed by atoms with Gasteiger partial charge in [0.05, 0.1) is 13.5 Å². The van der Waals surface area contributed by atoms with E-state index in [4.69, 9.17) is 6.42 Å². The van der Waals surface area contributed by atoms with Crippen molar-refractivity contribution in [2.24, 2.45) is 0 Å². The van der Waals surface area contributed by atoms with Crippen LogP contribution in [0.2, 0.25) is 0 Å². The molecule has 92 valence electrons. The number of carbonyl (C=O) groups excluding carboxylic acids is 1. The number of rotatable bonds is 7. The standard InChI is InChI=1S/C13H17NO2S/c1-3-4-5-8-14-10-12-7-6-11(17-12)9-13(15)16-2/h1,6-7,14H,4-5,8-10H2,2H3. The van der Waals surface area contributed by atoms with Crippen LogP contribution < -0.4 is 5.32 Å². The van der Waals surface area contributed by atoms with Crippen LogP contribution in [0.4, 0.5) is 0 Å². The van der Waals surface area contributed by atoms with E-state index in [1.165, 1.54) is 12.0 Å². The van der Waals surface area contributed by atoms with Gasteiger partial charge in [0.1, 0.15) is 0 Å². The molecule has 0 aliphatic heterocycles. The molecule has 4 heteroatoms. The molecular formula is C13H17NO2S. The molecule has 1 aromatic heterocycles. The van der Waals surface area contributed by atoms with Gasteiger partial charge < -0.3 is 10.1 Å². The SMILES string of the molecule is C#CCCCNCc1ccc(CC(=O)OC)s1. The fourth-order valence-corrected chi connectivity index (χ4v) is 2.33. The summed E-state index contributed by atoms with van der Waals surface area (Å²) in [5.74, 6) is 2.42. The second-order valence-corrected chi connectivity index (χ2v) is 4.86. The van der Waals surface area contributed by atoms with Crippen molar-refractivity contribution in [3.05, 3.63) is 21.9 Å². The molecule has 1 heterocycles. The maximum Gasteiger partial charge on any atom is 0.310 e. The Bertz CT molecular complexity index is 392. The Hall–Kier alpha value is -1.31. The normalized spacial score (nSPS) is 9.88. The summed E-state index contributed by atoms with van der Waals surface area (Å²) >= 11 is 1.64. The first-order chi connectivity index (χ1) is 8.26. The minimum absolute atomic E-state index is 0.194. The summed E-state index contributed by atoms with van der Waals surface area (Å²) in [6, 6.07) is 4.01.